The molecule has 0 fully saturated rings. The van der Waals surface area contributed by atoms with Crippen LogP contribution in [0.2, 0.25) is 0 Å². The van der Waals surface area contributed by atoms with E-state index in [0.29, 0.717) is 5.88 Å². The van der Waals surface area contributed by atoms with Crippen molar-refractivity contribution in [2.45, 2.75) is 33.7 Å². The Morgan fingerprint density at radius 3 is 2.59 bits per heavy atom. The third kappa shape index (κ3) is 3.74. The first-order valence-corrected chi connectivity index (χ1v) is 6.42. The third-order valence-corrected chi connectivity index (χ3v) is 3.40. The van der Waals surface area contributed by atoms with Gasteiger partial charge in [-0.15, -0.1) is 11.6 Å². The van der Waals surface area contributed by atoms with Crippen molar-refractivity contribution in [2.75, 3.05) is 5.88 Å². The van der Waals surface area contributed by atoms with Crippen molar-refractivity contribution in [1.29, 1.82) is 0 Å². The average molecular weight is 254 g/mol. The standard InChI is InChI=1S/C14H20ClNO/c1-9-5-6-10(2)13(7-9)12(4)16-14(17)11(3)8-15/h5-7,11-12H,8H2,1-4H3,(H,16,17). The number of amides is 1. The highest BCUT2D eigenvalue weighted by Gasteiger charge is 2.16. The van der Waals surface area contributed by atoms with Crippen LogP contribution in [0, 0.1) is 19.8 Å². The molecule has 2 nitrogen and oxygen atoms in total. The number of aryl methyl sites for hydroxylation is 2. The van der Waals surface area contributed by atoms with Gasteiger partial charge in [0.25, 0.3) is 0 Å². The molecule has 0 aliphatic rings. The maximum absolute atomic E-state index is 11.8. The maximum atomic E-state index is 11.8. The van der Waals surface area contributed by atoms with E-state index in [2.05, 4.69) is 37.4 Å². The largest absolute Gasteiger partial charge is 0.349 e. The highest BCUT2D eigenvalue weighted by molar-refractivity contribution is 6.19. The van der Waals surface area contributed by atoms with Gasteiger partial charge >= 0.3 is 0 Å². The van der Waals surface area contributed by atoms with Crippen molar-refractivity contribution in [1.82, 2.24) is 5.32 Å². The predicted molar refractivity (Wildman–Crippen MR) is 72.4 cm³/mol. The number of hydrogen-bond donors (Lipinski definition) is 1. The molecule has 1 aromatic carbocycles. The van der Waals surface area contributed by atoms with E-state index in [-0.39, 0.29) is 17.9 Å². The first-order valence-electron chi connectivity index (χ1n) is 5.89. The first-order chi connectivity index (χ1) is 7.95. The second-order valence-corrected chi connectivity index (χ2v) is 4.95. The summed E-state index contributed by atoms with van der Waals surface area (Å²) in [5, 5.41) is 2.99. The number of rotatable bonds is 4. The molecule has 17 heavy (non-hydrogen) atoms. The van der Waals surface area contributed by atoms with E-state index >= 15 is 0 Å². The van der Waals surface area contributed by atoms with Gasteiger partial charge in [-0.25, -0.2) is 0 Å². The van der Waals surface area contributed by atoms with Gasteiger partial charge < -0.3 is 5.32 Å². The van der Waals surface area contributed by atoms with Crippen LogP contribution < -0.4 is 5.32 Å². The van der Waals surface area contributed by atoms with Crippen LogP contribution in [-0.2, 0) is 4.79 Å². The summed E-state index contributed by atoms with van der Waals surface area (Å²) in [7, 11) is 0. The summed E-state index contributed by atoms with van der Waals surface area (Å²) in [4.78, 5) is 11.8. The molecular formula is C14H20ClNO. The number of carbonyl (C=O) groups excluding carboxylic acids is 1. The van der Waals surface area contributed by atoms with Crippen LogP contribution >= 0.6 is 11.6 Å². The Labute approximate surface area is 108 Å². The molecule has 0 spiro atoms. The Morgan fingerprint density at radius 1 is 1.35 bits per heavy atom. The highest BCUT2D eigenvalue weighted by Crippen LogP contribution is 2.19. The van der Waals surface area contributed by atoms with Crippen molar-refractivity contribution < 1.29 is 4.79 Å². The zero-order valence-electron chi connectivity index (χ0n) is 10.9. The Kier molecular flexibility index (Phi) is 5.01. The molecule has 1 aromatic rings. The summed E-state index contributed by atoms with van der Waals surface area (Å²) in [5.41, 5.74) is 3.57. The molecule has 3 heteroatoms. The van der Waals surface area contributed by atoms with Crippen LogP contribution in [0.15, 0.2) is 18.2 Å². The SMILES string of the molecule is Cc1ccc(C)c(C(C)NC(=O)C(C)CCl)c1. The molecule has 0 radical (unpaired) electrons. The molecule has 1 N–H and O–H groups in total. The summed E-state index contributed by atoms with van der Waals surface area (Å²) >= 11 is 5.67. The van der Waals surface area contributed by atoms with Crippen LogP contribution in [0.1, 0.15) is 36.6 Å². The van der Waals surface area contributed by atoms with E-state index < -0.39 is 0 Å². The summed E-state index contributed by atoms with van der Waals surface area (Å²) in [5.74, 6) is 0.211. The van der Waals surface area contributed by atoms with Gasteiger partial charge in [0, 0.05) is 11.8 Å². The lowest BCUT2D eigenvalue weighted by Crippen LogP contribution is -2.32. The number of carbonyl (C=O) groups is 1. The quantitative estimate of drug-likeness (QED) is 0.820. The minimum absolute atomic E-state index is 0.00778. The fourth-order valence-electron chi connectivity index (χ4n) is 1.73. The van der Waals surface area contributed by atoms with Gasteiger partial charge in [-0.05, 0) is 31.9 Å². The Hall–Kier alpha value is -1.02. The highest BCUT2D eigenvalue weighted by atomic mass is 35.5. The minimum Gasteiger partial charge on any atom is -0.349 e. The summed E-state index contributed by atoms with van der Waals surface area (Å²) in [6.45, 7) is 7.94. The first kappa shape index (κ1) is 14.0. The lowest BCUT2D eigenvalue weighted by Gasteiger charge is -2.19. The van der Waals surface area contributed by atoms with Gasteiger partial charge in [-0.2, -0.15) is 0 Å². The fraction of sp³-hybridized carbons (Fsp3) is 0.500. The van der Waals surface area contributed by atoms with Gasteiger partial charge in [-0.1, -0.05) is 30.7 Å². The van der Waals surface area contributed by atoms with E-state index in [4.69, 9.17) is 11.6 Å². The summed E-state index contributed by atoms with van der Waals surface area (Å²) in [6.07, 6.45) is 0. The van der Waals surface area contributed by atoms with Crippen molar-refractivity contribution in [3.63, 3.8) is 0 Å². The minimum atomic E-state index is -0.149. The molecule has 1 amide bonds. The van der Waals surface area contributed by atoms with E-state index in [1.807, 2.05) is 13.8 Å². The van der Waals surface area contributed by atoms with Gasteiger partial charge in [0.15, 0.2) is 0 Å². The third-order valence-electron chi connectivity index (χ3n) is 2.94. The molecule has 2 atom stereocenters. The molecule has 0 bridgehead atoms. The van der Waals surface area contributed by atoms with Crippen molar-refractivity contribution in [2.24, 2.45) is 5.92 Å². The molecule has 0 aromatic heterocycles. The number of nitrogens with one attached hydrogen (secondary N) is 1. The molecule has 1 rings (SSSR count). The van der Waals surface area contributed by atoms with E-state index in [1.54, 1.807) is 0 Å². The molecule has 94 valence electrons. The summed E-state index contributed by atoms with van der Waals surface area (Å²) in [6, 6.07) is 6.30. The Morgan fingerprint density at radius 2 is 2.00 bits per heavy atom. The smallest absolute Gasteiger partial charge is 0.224 e. The van der Waals surface area contributed by atoms with Crippen LogP contribution in [-0.4, -0.2) is 11.8 Å². The monoisotopic (exact) mass is 253 g/mol. The number of alkyl halides is 1. The van der Waals surface area contributed by atoms with E-state index in [1.165, 1.54) is 16.7 Å². The molecule has 0 saturated heterocycles. The fourth-order valence-corrected chi connectivity index (χ4v) is 1.87. The normalized spacial score (nSPS) is 14.2. The van der Waals surface area contributed by atoms with Crippen molar-refractivity contribution in [3.05, 3.63) is 34.9 Å². The van der Waals surface area contributed by atoms with Crippen LogP contribution in [0.5, 0.6) is 0 Å². The zero-order valence-corrected chi connectivity index (χ0v) is 11.6. The average Bonchev–Trinajstić information content (AvgIpc) is 2.30. The molecule has 0 heterocycles. The molecule has 0 aliphatic heterocycles. The van der Waals surface area contributed by atoms with Crippen LogP contribution in [0.25, 0.3) is 0 Å². The topological polar surface area (TPSA) is 29.1 Å². The number of benzene rings is 1. The van der Waals surface area contributed by atoms with Gasteiger partial charge in [-0.3, -0.25) is 4.79 Å². The zero-order chi connectivity index (χ0) is 13.0. The predicted octanol–water partition coefficient (Wildman–Crippen LogP) is 3.36. The summed E-state index contributed by atoms with van der Waals surface area (Å²) < 4.78 is 0. The molecule has 0 aliphatic carbocycles. The van der Waals surface area contributed by atoms with Crippen molar-refractivity contribution >= 4 is 17.5 Å². The molecule has 0 saturated carbocycles. The van der Waals surface area contributed by atoms with Gasteiger partial charge in [0.1, 0.15) is 0 Å². The molecular weight excluding hydrogens is 234 g/mol. The lowest BCUT2D eigenvalue weighted by molar-refractivity contribution is -0.124. The lowest BCUT2D eigenvalue weighted by atomic mass is 9.99. The van der Waals surface area contributed by atoms with E-state index in [0.717, 1.165) is 0 Å². The number of hydrogen-bond acceptors (Lipinski definition) is 1. The number of halogens is 1. The Bertz CT molecular complexity index is 403. The van der Waals surface area contributed by atoms with Crippen LogP contribution in [0.3, 0.4) is 0 Å². The van der Waals surface area contributed by atoms with Crippen LogP contribution in [0.4, 0.5) is 0 Å². The Balaban J connectivity index is 2.79. The van der Waals surface area contributed by atoms with Gasteiger partial charge in [0.2, 0.25) is 5.91 Å². The van der Waals surface area contributed by atoms with E-state index in [9.17, 15) is 4.79 Å². The van der Waals surface area contributed by atoms with Crippen molar-refractivity contribution in [3.8, 4) is 0 Å². The maximum Gasteiger partial charge on any atom is 0.224 e. The van der Waals surface area contributed by atoms with Gasteiger partial charge in [0.05, 0.1) is 6.04 Å². The second-order valence-electron chi connectivity index (χ2n) is 4.65. The second kappa shape index (κ2) is 6.06. The molecule has 2 unspecified atom stereocenters.